The molecule has 0 fully saturated rings. The Balaban J connectivity index is 1.79. The largest absolute Gasteiger partial charge is 0.494 e. The molecule has 0 aliphatic heterocycles. The van der Waals surface area contributed by atoms with Crippen LogP contribution in [0.1, 0.15) is 48.2 Å². The van der Waals surface area contributed by atoms with Crippen molar-refractivity contribution in [3.63, 3.8) is 0 Å². The summed E-state index contributed by atoms with van der Waals surface area (Å²) in [5.41, 5.74) is 3.00. The van der Waals surface area contributed by atoms with Crippen molar-refractivity contribution in [3.8, 4) is 5.75 Å². The van der Waals surface area contributed by atoms with Crippen LogP contribution in [0.3, 0.4) is 0 Å². The zero-order chi connectivity index (χ0) is 24.6. The van der Waals surface area contributed by atoms with E-state index in [0.717, 1.165) is 19.3 Å². The molecule has 0 unspecified atom stereocenters. The molecule has 0 spiro atoms. The minimum Gasteiger partial charge on any atom is -0.494 e. The number of carbonyl (C=O) groups is 1. The highest BCUT2D eigenvalue weighted by Crippen LogP contribution is 2.25. The SMILES string of the molecule is CCCCc1ccc(NC(=O)c2ccc(OCC)c(CN(C)S(=O)(=O)c3ccccc3)c2)cc1. The molecule has 0 atom stereocenters. The molecule has 1 N–H and O–H groups in total. The second-order valence-electron chi connectivity index (χ2n) is 8.08. The van der Waals surface area contributed by atoms with E-state index in [2.05, 4.69) is 12.2 Å². The van der Waals surface area contributed by atoms with Gasteiger partial charge in [-0.3, -0.25) is 4.79 Å². The van der Waals surface area contributed by atoms with Gasteiger partial charge in [0.2, 0.25) is 10.0 Å². The molecule has 0 heterocycles. The molecule has 0 bridgehead atoms. The number of ether oxygens (including phenoxy) is 1. The monoisotopic (exact) mass is 480 g/mol. The van der Waals surface area contributed by atoms with Gasteiger partial charge in [-0.1, -0.05) is 43.7 Å². The third-order valence-electron chi connectivity index (χ3n) is 5.50. The van der Waals surface area contributed by atoms with Crippen LogP contribution < -0.4 is 10.1 Å². The molecule has 0 aromatic heterocycles. The van der Waals surface area contributed by atoms with Crippen molar-refractivity contribution < 1.29 is 17.9 Å². The Morgan fingerprint density at radius 2 is 1.68 bits per heavy atom. The fourth-order valence-corrected chi connectivity index (χ4v) is 4.75. The number of unbranched alkanes of at least 4 members (excludes halogenated alkanes) is 1. The molecule has 0 saturated carbocycles. The van der Waals surface area contributed by atoms with Gasteiger partial charge in [-0.15, -0.1) is 0 Å². The van der Waals surface area contributed by atoms with Gasteiger partial charge in [0, 0.05) is 30.4 Å². The van der Waals surface area contributed by atoms with E-state index in [9.17, 15) is 13.2 Å². The number of anilines is 1. The third-order valence-corrected chi connectivity index (χ3v) is 7.32. The molecular weight excluding hydrogens is 448 g/mol. The third kappa shape index (κ3) is 6.46. The summed E-state index contributed by atoms with van der Waals surface area (Å²) in [7, 11) is -2.17. The molecular formula is C27H32N2O4S. The summed E-state index contributed by atoms with van der Waals surface area (Å²) in [6.07, 6.45) is 3.29. The number of sulfonamides is 1. The van der Waals surface area contributed by atoms with Crippen LogP contribution in [0, 0.1) is 0 Å². The molecule has 180 valence electrons. The molecule has 0 aliphatic rings. The van der Waals surface area contributed by atoms with Gasteiger partial charge >= 0.3 is 0 Å². The van der Waals surface area contributed by atoms with Gasteiger partial charge in [0.1, 0.15) is 5.75 Å². The molecule has 0 aliphatic carbocycles. The van der Waals surface area contributed by atoms with Gasteiger partial charge in [-0.05, 0) is 67.8 Å². The Morgan fingerprint density at radius 1 is 0.971 bits per heavy atom. The van der Waals surface area contributed by atoms with E-state index >= 15 is 0 Å². The maximum Gasteiger partial charge on any atom is 0.255 e. The summed E-state index contributed by atoms with van der Waals surface area (Å²) in [6, 6.07) is 21.2. The van der Waals surface area contributed by atoms with Crippen molar-refractivity contribution in [1.82, 2.24) is 4.31 Å². The van der Waals surface area contributed by atoms with Crippen molar-refractivity contribution >= 4 is 21.6 Å². The van der Waals surface area contributed by atoms with Gasteiger partial charge < -0.3 is 10.1 Å². The highest BCUT2D eigenvalue weighted by atomic mass is 32.2. The first-order valence-electron chi connectivity index (χ1n) is 11.5. The molecule has 0 saturated heterocycles. The van der Waals surface area contributed by atoms with E-state index in [0.29, 0.717) is 29.2 Å². The predicted octanol–water partition coefficient (Wildman–Crippen LogP) is 5.50. The molecule has 6 nitrogen and oxygen atoms in total. The number of hydrogen-bond donors (Lipinski definition) is 1. The Labute approximate surface area is 202 Å². The first-order chi connectivity index (χ1) is 16.3. The lowest BCUT2D eigenvalue weighted by molar-refractivity contribution is 0.102. The topological polar surface area (TPSA) is 75.7 Å². The smallest absolute Gasteiger partial charge is 0.255 e. The highest BCUT2D eigenvalue weighted by Gasteiger charge is 2.22. The Morgan fingerprint density at radius 3 is 2.32 bits per heavy atom. The number of hydrogen-bond acceptors (Lipinski definition) is 4. The van der Waals surface area contributed by atoms with Crippen molar-refractivity contribution in [3.05, 3.63) is 89.5 Å². The summed E-state index contributed by atoms with van der Waals surface area (Å²) < 4.78 is 32.9. The van der Waals surface area contributed by atoms with E-state index < -0.39 is 10.0 Å². The van der Waals surface area contributed by atoms with Gasteiger partial charge in [-0.25, -0.2) is 8.42 Å². The average Bonchev–Trinajstić information content (AvgIpc) is 2.85. The molecule has 3 aromatic carbocycles. The summed E-state index contributed by atoms with van der Waals surface area (Å²) >= 11 is 0. The lowest BCUT2D eigenvalue weighted by Crippen LogP contribution is -2.27. The quantitative estimate of drug-likeness (QED) is 0.393. The average molecular weight is 481 g/mol. The molecule has 34 heavy (non-hydrogen) atoms. The Bertz CT molecular complexity index is 1190. The molecule has 3 rings (SSSR count). The minimum absolute atomic E-state index is 0.0693. The predicted molar refractivity (Wildman–Crippen MR) is 136 cm³/mol. The van der Waals surface area contributed by atoms with Crippen LogP contribution in [0.2, 0.25) is 0 Å². The van der Waals surface area contributed by atoms with E-state index in [-0.39, 0.29) is 17.3 Å². The lowest BCUT2D eigenvalue weighted by Gasteiger charge is -2.20. The van der Waals surface area contributed by atoms with Crippen LogP contribution >= 0.6 is 0 Å². The molecule has 0 radical (unpaired) electrons. The van der Waals surface area contributed by atoms with E-state index in [1.54, 1.807) is 48.5 Å². The van der Waals surface area contributed by atoms with Gasteiger partial charge in [0.05, 0.1) is 11.5 Å². The summed E-state index contributed by atoms with van der Waals surface area (Å²) in [4.78, 5) is 13.1. The Hall–Kier alpha value is -3.16. The maximum atomic E-state index is 13.0. The first kappa shape index (κ1) is 25.5. The van der Waals surface area contributed by atoms with Gasteiger partial charge in [-0.2, -0.15) is 4.31 Å². The van der Waals surface area contributed by atoms with E-state index in [1.165, 1.54) is 16.9 Å². The Kier molecular flexibility index (Phi) is 8.85. The number of amides is 1. The number of benzene rings is 3. The maximum absolute atomic E-state index is 13.0. The highest BCUT2D eigenvalue weighted by molar-refractivity contribution is 7.89. The number of rotatable bonds is 11. The fraction of sp³-hybridized carbons (Fsp3) is 0.296. The fourth-order valence-electron chi connectivity index (χ4n) is 3.58. The van der Waals surface area contributed by atoms with E-state index in [1.807, 2.05) is 31.2 Å². The summed E-state index contributed by atoms with van der Waals surface area (Å²) in [6.45, 7) is 4.52. The number of carbonyl (C=O) groups excluding carboxylic acids is 1. The standard InChI is InChI=1S/C27H32N2O4S/c1-4-6-10-21-13-16-24(17-14-21)28-27(30)22-15-18-26(33-5-2)23(19-22)20-29(3)34(31,32)25-11-8-7-9-12-25/h7-9,11-19H,4-6,10,20H2,1-3H3,(H,28,30). The van der Waals surface area contributed by atoms with Gasteiger partial charge in [0.25, 0.3) is 5.91 Å². The van der Waals surface area contributed by atoms with Gasteiger partial charge in [0.15, 0.2) is 0 Å². The van der Waals surface area contributed by atoms with Crippen molar-refractivity contribution in [1.29, 1.82) is 0 Å². The van der Waals surface area contributed by atoms with Crippen LogP contribution in [0.15, 0.2) is 77.7 Å². The van der Waals surface area contributed by atoms with E-state index in [4.69, 9.17) is 4.74 Å². The first-order valence-corrected chi connectivity index (χ1v) is 13.0. The second kappa shape index (κ2) is 11.8. The number of nitrogens with one attached hydrogen (secondary N) is 1. The number of nitrogens with zero attached hydrogens (tertiary/aromatic N) is 1. The van der Waals surface area contributed by atoms with Crippen LogP contribution in [0.5, 0.6) is 5.75 Å². The summed E-state index contributed by atoms with van der Waals surface area (Å²) in [5.74, 6) is 0.286. The zero-order valence-electron chi connectivity index (χ0n) is 20.0. The van der Waals surface area contributed by atoms with Crippen LogP contribution in [0.25, 0.3) is 0 Å². The zero-order valence-corrected chi connectivity index (χ0v) is 20.8. The minimum atomic E-state index is -3.68. The second-order valence-corrected chi connectivity index (χ2v) is 10.1. The molecule has 7 heteroatoms. The van der Waals surface area contributed by atoms with Crippen molar-refractivity contribution in [2.24, 2.45) is 0 Å². The van der Waals surface area contributed by atoms with Crippen molar-refractivity contribution in [2.45, 2.75) is 44.6 Å². The van der Waals surface area contributed by atoms with Crippen LogP contribution in [-0.4, -0.2) is 32.3 Å². The van der Waals surface area contributed by atoms with Crippen LogP contribution in [0.4, 0.5) is 5.69 Å². The summed E-state index contributed by atoms with van der Waals surface area (Å²) in [5, 5.41) is 2.92. The normalized spacial score (nSPS) is 11.4. The van der Waals surface area contributed by atoms with Crippen molar-refractivity contribution in [2.75, 3.05) is 19.0 Å². The lowest BCUT2D eigenvalue weighted by atomic mass is 10.1. The molecule has 1 amide bonds. The number of aryl methyl sites for hydroxylation is 1. The van der Waals surface area contributed by atoms with Crippen LogP contribution in [-0.2, 0) is 23.0 Å². The molecule has 3 aromatic rings.